The Morgan fingerprint density at radius 1 is 1.42 bits per heavy atom. The summed E-state index contributed by atoms with van der Waals surface area (Å²) in [5.74, 6) is -0.692. The molecule has 0 N–H and O–H groups in total. The van der Waals surface area contributed by atoms with E-state index in [0.717, 1.165) is 0 Å². The molecule has 1 aliphatic heterocycles. The zero-order valence-electron chi connectivity index (χ0n) is 12.7. The fourth-order valence-corrected chi connectivity index (χ4v) is 1.95. The van der Waals surface area contributed by atoms with Crippen LogP contribution in [0.2, 0.25) is 0 Å². The zero-order chi connectivity index (χ0) is 14.9. The normalized spacial score (nSPS) is 31.2. The van der Waals surface area contributed by atoms with Crippen molar-refractivity contribution in [3.05, 3.63) is 0 Å². The number of hydrogen-bond donors (Lipinski definition) is 0. The first-order chi connectivity index (χ1) is 8.60. The fraction of sp³-hybridized carbons (Fsp3) is 0.857. The number of methoxy groups -OCH3 is 1. The average molecular weight is 272 g/mol. The highest BCUT2D eigenvalue weighted by molar-refractivity contribution is 5.79. The molecule has 1 saturated heterocycles. The minimum Gasteiger partial charge on any atom is -0.454 e. The van der Waals surface area contributed by atoms with Crippen LogP contribution in [0.1, 0.15) is 47.5 Å². The number of rotatable bonds is 5. The largest absolute Gasteiger partial charge is 0.454 e. The lowest BCUT2D eigenvalue weighted by Crippen LogP contribution is -2.53. The summed E-state index contributed by atoms with van der Waals surface area (Å²) in [6.45, 7) is 9.21. The van der Waals surface area contributed by atoms with E-state index >= 15 is 0 Å². The van der Waals surface area contributed by atoms with Crippen LogP contribution in [-0.4, -0.2) is 36.9 Å². The van der Waals surface area contributed by atoms with Crippen molar-refractivity contribution in [3.8, 4) is 0 Å². The Balaban J connectivity index is 2.96. The monoisotopic (exact) mass is 272 g/mol. The van der Waals surface area contributed by atoms with E-state index in [1.54, 1.807) is 13.8 Å². The van der Waals surface area contributed by atoms with Gasteiger partial charge in [0.15, 0.2) is 11.2 Å². The maximum atomic E-state index is 12.2. The van der Waals surface area contributed by atoms with Crippen molar-refractivity contribution < 1.29 is 23.8 Å². The third-order valence-corrected chi connectivity index (χ3v) is 4.11. The molecule has 1 rings (SSSR count). The first-order valence-corrected chi connectivity index (χ1v) is 6.54. The van der Waals surface area contributed by atoms with Crippen molar-refractivity contribution in [1.29, 1.82) is 0 Å². The van der Waals surface area contributed by atoms with Gasteiger partial charge in [-0.3, -0.25) is 9.59 Å². The molecule has 0 aromatic carbocycles. The predicted molar refractivity (Wildman–Crippen MR) is 69.6 cm³/mol. The lowest BCUT2D eigenvalue weighted by molar-refractivity contribution is -0.194. The van der Waals surface area contributed by atoms with Crippen molar-refractivity contribution in [1.82, 2.24) is 0 Å². The number of hydrogen-bond acceptors (Lipinski definition) is 5. The second-order valence-corrected chi connectivity index (χ2v) is 6.17. The third-order valence-electron chi connectivity index (χ3n) is 4.11. The highest BCUT2D eigenvalue weighted by atomic mass is 16.6. The Morgan fingerprint density at radius 2 is 2.00 bits per heavy atom. The van der Waals surface area contributed by atoms with Crippen molar-refractivity contribution in [2.75, 3.05) is 13.7 Å². The summed E-state index contributed by atoms with van der Waals surface area (Å²) in [5, 5.41) is 0. The molecule has 1 fully saturated rings. The molecular formula is C14H24O5. The number of carbonyl (C=O) groups excluding carboxylic acids is 2. The summed E-state index contributed by atoms with van der Waals surface area (Å²) in [5.41, 5.74) is -2.52. The average Bonchev–Trinajstić information content (AvgIpc) is 2.49. The molecule has 0 aromatic rings. The topological polar surface area (TPSA) is 61.8 Å². The van der Waals surface area contributed by atoms with E-state index in [-0.39, 0.29) is 25.0 Å². The summed E-state index contributed by atoms with van der Waals surface area (Å²) in [4.78, 5) is 23.8. The molecule has 2 atom stereocenters. The summed E-state index contributed by atoms with van der Waals surface area (Å²) in [6, 6.07) is 0. The second kappa shape index (κ2) is 5.12. The zero-order valence-corrected chi connectivity index (χ0v) is 12.7. The molecule has 5 nitrogen and oxygen atoms in total. The van der Waals surface area contributed by atoms with Gasteiger partial charge >= 0.3 is 11.9 Å². The van der Waals surface area contributed by atoms with Crippen LogP contribution >= 0.6 is 0 Å². The Kier molecular flexibility index (Phi) is 4.30. The molecule has 0 bridgehead atoms. The van der Waals surface area contributed by atoms with Gasteiger partial charge < -0.3 is 14.2 Å². The standard InChI is InChI=1S/C14H24O5/c1-7-12(2,3)11(16)19-13(4)8-10(15)18-14(13,5)9-17-6/h7-9H2,1-6H3. The van der Waals surface area contributed by atoms with Crippen LogP contribution in [0.3, 0.4) is 0 Å². The van der Waals surface area contributed by atoms with Crippen molar-refractivity contribution in [3.63, 3.8) is 0 Å². The maximum Gasteiger partial charge on any atom is 0.312 e. The van der Waals surface area contributed by atoms with Gasteiger partial charge in [0.1, 0.15) is 0 Å². The Hall–Kier alpha value is -1.10. The van der Waals surface area contributed by atoms with E-state index in [2.05, 4.69) is 0 Å². The van der Waals surface area contributed by atoms with Gasteiger partial charge in [-0.05, 0) is 34.1 Å². The van der Waals surface area contributed by atoms with Crippen LogP contribution in [0.25, 0.3) is 0 Å². The Morgan fingerprint density at radius 3 is 2.47 bits per heavy atom. The summed E-state index contributed by atoms with van der Waals surface area (Å²) < 4.78 is 16.0. The molecule has 1 aliphatic rings. The smallest absolute Gasteiger partial charge is 0.312 e. The number of esters is 2. The molecule has 0 aliphatic carbocycles. The van der Waals surface area contributed by atoms with E-state index in [4.69, 9.17) is 14.2 Å². The minimum absolute atomic E-state index is 0.0540. The van der Waals surface area contributed by atoms with Crippen LogP contribution < -0.4 is 0 Å². The van der Waals surface area contributed by atoms with E-state index in [1.165, 1.54) is 7.11 Å². The van der Waals surface area contributed by atoms with Crippen molar-refractivity contribution in [2.45, 2.75) is 58.7 Å². The molecular weight excluding hydrogens is 248 g/mol. The summed E-state index contributed by atoms with van der Waals surface area (Å²) in [6.07, 6.45) is 0.718. The van der Waals surface area contributed by atoms with Gasteiger partial charge in [0.05, 0.1) is 18.4 Å². The van der Waals surface area contributed by atoms with E-state index in [0.29, 0.717) is 6.42 Å². The van der Waals surface area contributed by atoms with Crippen LogP contribution in [0.15, 0.2) is 0 Å². The van der Waals surface area contributed by atoms with Crippen LogP contribution in [0.5, 0.6) is 0 Å². The number of cyclic esters (lactones) is 1. The fourth-order valence-electron chi connectivity index (χ4n) is 1.95. The highest BCUT2D eigenvalue weighted by Crippen LogP contribution is 2.41. The molecule has 0 amide bonds. The maximum absolute atomic E-state index is 12.2. The number of ether oxygens (including phenoxy) is 3. The van der Waals surface area contributed by atoms with Gasteiger partial charge in [-0.2, -0.15) is 0 Å². The highest BCUT2D eigenvalue weighted by Gasteiger charge is 2.58. The van der Waals surface area contributed by atoms with Gasteiger partial charge in [-0.1, -0.05) is 6.92 Å². The number of carbonyl (C=O) groups is 2. The molecule has 0 aromatic heterocycles. The van der Waals surface area contributed by atoms with Crippen molar-refractivity contribution in [2.24, 2.45) is 5.41 Å². The molecule has 110 valence electrons. The third kappa shape index (κ3) is 2.91. The lowest BCUT2D eigenvalue weighted by atomic mass is 9.84. The molecule has 0 saturated carbocycles. The molecule has 0 radical (unpaired) electrons. The molecule has 5 heteroatoms. The van der Waals surface area contributed by atoms with Gasteiger partial charge in [0, 0.05) is 7.11 Å². The summed E-state index contributed by atoms with van der Waals surface area (Å²) in [7, 11) is 1.52. The molecule has 1 heterocycles. The van der Waals surface area contributed by atoms with Crippen molar-refractivity contribution >= 4 is 11.9 Å². The Labute approximate surface area is 114 Å². The van der Waals surface area contributed by atoms with Crippen LogP contribution in [-0.2, 0) is 23.8 Å². The van der Waals surface area contributed by atoms with Gasteiger partial charge in [0.2, 0.25) is 0 Å². The Bertz CT molecular complexity index is 376. The van der Waals surface area contributed by atoms with E-state index in [9.17, 15) is 9.59 Å². The molecule has 0 spiro atoms. The molecule has 2 unspecified atom stereocenters. The van der Waals surface area contributed by atoms with Crippen LogP contribution in [0.4, 0.5) is 0 Å². The lowest BCUT2D eigenvalue weighted by Gasteiger charge is -2.38. The van der Waals surface area contributed by atoms with Crippen LogP contribution in [0, 0.1) is 5.41 Å². The predicted octanol–water partition coefficient (Wildman–Crippen LogP) is 2.08. The molecule has 19 heavy (non-hydrogen) atoms. The van der Waals surface area contributed by atoms with Gasteiger partial charge in [0.25, 0.3) is 0 Å². The van der Waals surface area contributed by atoms with Gasteiger partial charge in [-0.15, -0.1) is 0 Å². The first kappa shape index (κ1) is 16.0. The quantitative estimate of drug-likeness (QED) is 0.717. The van der Waals surface area contributed by atoms with E-state index < -0.39 is 16.6 Å². The second-order valence-electron chi connectivity index (χ2n) is 6.17. The SMILES string of the molecule is CCC(C)(C)C(=O)OC1(C)CC(=O)OC1(C)COC. The minimum atomic E-state index is -0.996. The summed E-state index contributed by atoms with van der Waals surface area (Å²) >= 11 is 0. The first-order valence-electron chi connectivity index (χ1n) is 6.54. The van der Waals surface area contributed by atoms with E-state index in [1.807, 2.05) is 20.8 Å². The van der Waals surface area contributed by atoms with Gasteiger partial charge in [-0.25, -0.2) is 0 Å².